The van der Waals surface area contributed by atoms with Gasteiger partial charge in [0.15, 0.2) is 0 Å². The number of halogens is 3. The number of carboxylic acids is 1. The lowest BCUT2D eigenvalue weighted by Gasteiger charge is -2.36. The number of urea groups is 1. The first-order chi connectivity index (χ1) is 13.0. The topological polar surface area (TPSA) is 81.7 Å². The van der Waals surface area contributed by atoms with E-state index in [1.807, 2.05) is 0 Å². The van der Waals surface area contributed by atoms with Gasteiger partial charge in [-0.3, -0.25) is 0 Å². The van der Waals surface area contributed by atoms with Crippen molar-refractivity contribution >= 4 is 24.4 Å². The normalized spacial score (nSPS) is 16.2. The summed E-state index contributed by atoms with van der Waals surface area (Å²) in [4.78, 5) is 25.1. The molecule has 1 aliphatic rings. The molecule has 2 amide bonds. The Labute approximate surface area is 166 Å². The minimum atomic E-state index is -1.22. The second kappa shape index (κ2) is 9.48. The maximum absolute atomic E-state index is 14.0. The average Bonchev–Trinajstić information content (AvgIpc) is 2.67. The quantitative estimate of drug-likeness (QED) is 0.722. The molecular formula is C19H20ClF2N3O3. The van der Waals surface area contributed by atoms with Gasteiger partial charge >= 0.3 is 12.0 Å². The van der Waals surface area contributed by atoms with Crippen LogP contribution in [-0.2, 0) is 6.54 Å². The lowest BCUT2D eigenvalue weighted by Crippen LogP contribution is -2.51. The van der Waals surface area contributed by atoms with Gasteiger partial charge in [0.25, 0.3) is 0 Å². The van der Waals surface area contributed by atoms with Crippen LogP contribution in [-0.4, -0.2) is 41.6 Å². The molecule has 0 aliphatic carbocycles. The van der Waals surface area contributed by atoms with Crippen LogP contribution in [0.25, 0.3) is 0 Å². The first-order valence-electron chi connectivity index (χ1n) is 8.48. The Morgan fingerprint density at radius 3 is 2.54 bits per heavy atom. The molecule has 0 radical (unpaired) electrons. The predicted molar refractivity (Wildman–Crippen MR) is 102 cm³/mol. The summed E-state index contributed by atoms with van der Waals surface area (Å²) in [5.41, 5.74) is 0.846. The van der Waals surface area contributed by atoms with Gasteiger partial charge < -0.3 is 20.6 Å². The van der Waals surface area contributed by atoms with Crippen LogP contribution in [0.15, 0.2) is 42.5 Å². The van der Waals surface area contributed by atoms with Gasteiger partial charge in [-0.1, -0.05) is 18.2 Å². The number of hydrogen-bond acceptors (Lipinski definition) is 3. The summed E-state index contributed by atoms with van der Waals surface area (Å²) >= 11 is 0. The van der Waals surface area contributed by atoms with Crippen LogP contribution in [0, 0.1) is 11.6 Å². The number of rotatable bonds is 4. The predicted octanol–water partition coefficient (Wildman–Crippen LogP) is 2.94. The van der Waals surface area contributed by atoms with Crippen molar-refractivity contribution in [2.24, 2.45) is 0 Å². The van der Waals surface area contributed by atoms with E-state index in [2.05, 4.69) is 10.6 Å². The number of carboxylic acid groups (broad SMARTS) is 1. The molecule has 28 heavy (non-hydrogen) atoms. The molecule has 6 nitrogen and oxygen atoms in total. The van der Waals surface area contributed by atoms with Crippen molar-refractivity contribution in [1.29, 1.82) is 0 Å². The van der Waals surface area contributed by atoms with Crippen molar-refractivity contribution in [3.05, 3.63) is 70.8 Å². The van der Waals surface area contributed by atoms with Crippen molar-refractivity contribution in [1.82, 2.24) is 15.5 Å². The molecule has 0 saturated carbocycles. The lowest BCUT2D eigenvalue weighted by atomic mass is 10.0. The van der Waals surface area contributed by atoms with Crippen molar-refractivity contribution in [2.45, 2.75) is 12.6 Å². The summed E-state index contributed by atoms with van der Waals surface area (Å²) < 4.78 is 27.2. The molecule has 0 bridgehead atoms. The van der Waals surface area contributed by atoms with Crippen molar-refractivity contribution in [2.75, 3.05) is 19.6 Å². The molecule has 0 spiro atoms. The lowest BCUT2D eigenvalue weighted by molar-refractivity contribution is 0.0696. The molecule has 1 fully saturated rings. The minimum absolute atomic E-state index is 0. The molecule has 1 atom stereocenters. The van der Waals surface area contributed by atoms with Crippen LogP contribution in [0.1, 0.15) is 27.5 Å². The molecular weight excluding hydrogens is 392 g/mol. The monoisotopic (exact) mass is 411 g/mol. The Morgan fingerprint density at radius 1 is 1.18 bits per heavy atom. The van der Waals surface area contributed by atoms with E-state index in [0.717, 1.165) is 11.6 Å². The highest BCUT2D eigenvalue weighted by atomic mass is 35.5. The fraction of sp³-hybridized carbons (Fsp3) is 0.263. The third kappa shape index (κ3) is 4.96. The van der Waals surface area contributed by atoms with Crippen LogP contribution in [0.4, 0.5) is 13.6 Å². The maximum atomic E-state index is 14.0. The summed E-state index contributed by atoms with van der Waals surface area (Å²) in [7, 11) is 0. The molecule has 3 N–H and O–H groups in total. The van der Waals surface area contributed by atoms with Crippen LogP contribution in [0.3, 0.4) is 0 Å². The Morgan fingerprint density at radius 2 is 1.89 bits per heavy atom. The van der Waals surface area contributed by atoms with Gasteiger partial charge in [0.1, 0.15) is 11.6 Å². The van der Waals surface area contributed by atoms with Crippen LogP contribution in [0.2, 0.25) is 0 Å². The van der Waals surface area contributed by atoms with E-state index >= 15 is 0 Å². The van der Waals surface area contributed by atoms with Gasteiger partial charge in [-0.25, -0.2) is 18.4 Å². The van der Waals surface area contributed by atoms with Gasteiger partial charge in [-0.2, -0.15) is 0 Å². The SMILES string of the molecule is Cl.O=C(O)c1ccc(CNC(=O)N2CCNCC2c2ccc(F)cc2)c(F)c1. The first kappa shape index (κ1) is 21.6. The Balaban J connectivity index is 0.00000280. The number of hydrogen-bond donors (Lipinski definition) is 3. The zero-order valence-electron chi connectivity index (χ0n) is 14.8. The van der Waals surface area contributed by atoms with Crippen molar-refractivity contribution in [3.8, 4) is 0 Å². The van der Waals surface area contributed by atoms with Crippen LogP contribution < -0.4 is 10.6 Å². The van der Waals surface area contributed by atoms with E-state index in [9.17, 15) is 18.4 Å². The molecule has 2 aromatic rings. The third-order valence-corrected chi connectivity index (χ3v) is 4.49. The highest BCUT2D eigenvalue weighted by molar-refractivity contribution is 5.87. The first-order valence-corrected chi connectivity index (χ1v) is 8.48. The number of carbonyl (C=O) groups is 2. The van der Waals surface area contributed by atoms with Crippen LogP contribution >= 0.6 is 12.4 Å². The largest absolute Gasteiger partial charge is 0.478 e. The number of nitrogens with one attached hydrogen (secondary N) is 2. The standard InChI is InChI=1S/C19H19F2N3O3.ClH/c20-15-5-3-12(4-6-15)17-11-22-7-8-24(17)19(27)23-10-14-2-1-13(18(25)26)9-16(14)21;/h1-6,9,17,22H,7-8,10-11H2,(H,23,27)(H,25,26);1H. The van der Waals surface area contributed by atoms with E-state index in [1.54, 1.807) is 17.0 Å². The second-order valence-corrected chi connectivity index (χ2v) is 6.23. The van der Waals surface area contributed by atoms with E-state index in [0.29, 0.717) is 19.6 Å². The Hall–Kier alpha value is -2.71. The summed E-state index contributed by atoms with van der Waals surface area (Å²) in [6.45, 7) is 1.53. The molecule has 1 heterocycles. The van der Waals surface area contributed by atoms with Gasteiger partial charge in [0, 0.05) is 31.7 Å². The molecule has 0 aromatic heterocycles. The molecule has 1 aliphatic heterocycles. The summed E-state index contributed by atoms with van der Waals surface area (Å²) in [5, 5.41) is 14.7. The highest BCUT2D eigenvalue weighted by Gasteiger charge is 2.27. The fourth-order valence-electron chi connectivity index (χ4n) is 3.03. The average molecular weight is 412 g/mol. The fourth-order valence-corrected chi connectivity index (χ4v) is 3.03. The summed E-state index contributed by atoms with van der Waals surface area (Å²) in [6.07, 6.45) is 0. The summed E-state index contributed by atoms with van der Waals surface area (Å²) in [6, 6.07) is 8.89. The van der Waals surface area contributed by atoms with Crippen molar-refractivity contribution in [3.63, 3.8) is 0 Å². The van der Waals surface area contributed by atoms with E-state index in [4.69, 9.17) is 5.11 Å². The smallest absolute Gasteiger partial charge is 0.335 e. The van der Waals surface area contributed by atoms with Gasteiger partial charge in [0.05, 0.1) is 11.6 Å². The van der Waals surface area contributed by atoms with E-state index in [1.165, 1.54) is 24.3 Å². The van der Waals surface area contributed by atoms with Crippen LogP contribution in [0.5, 0.6) is 0 Å². The molecule has 150 valence electrons. The molecule has 2 aromatic carbocycles. The van der Waals surface area contributed by atoms with E-state index in [-0.39, 0.29) is 48.0 Å². The van der Waals surface area contributed by atoms with Gasteiger partial charge in [0.2, 0.25) is 0 Å². The minimum Gasteiger partial charge on any atom is -0.478 e. The zero-order valence-corrected chi connectivity index (χ0v) is 15.6. The number of carbonyl (C=O) groups excluding carboxylic acids is 1. The Bertz CT molecular complexity index is 849. The number of nitrogens with zero attached hydrogens (tertiary/aromatic N) is 1. The summed E-state index contributed by atoms with van der Waals surface area (Å²) in [5.74, 6) is -2.25. The molecule has 9 heteroatoms. The third-order valence-electron chi connectivity index (χ3n) is 4.49. The molecule has 1 unspecified atom stereocenters. The number of piperazine rings is 1. The van der Waals surface area contributed by atoms with Crippen molar-refractivity contribution < 1.29 is 23.5 Å². The maximum Gasteiger partial charge on any atom is 0.335 e. The van der Waals surface area contributed by atoms with E-state index < -0.39 is 11.8 Å². The van der Waals surface area contributed by atoms with Gasteiger partial charge in [-0.05, 0) is 29.8 Å². The second-order valence-electron chi connectivity index (χ2n) is 6.23. The number of aromatic carboxylic acids is 1. The molecule has 1 saturated heterocycles. The van der Waals surface area contributed by atoms with Gasteiger partial charge in [-0.15, -0.1) is 12.4 Å². The number of amides is 2. The molecule has 3 rings (SSSR count). The number of benzene rings is 2. The Kier molecular flexibility index (Phi) is 7.31. The highest BCUT2D eigenvalue weighted by Crippen LogP contribution is 2.22. The zero-order chi connectivity index (χ0) is 19.4.